The molecular formula is C20H30N4O2S. The number of nitrogens with zero attached hydrogens (tertiary/aromatic N) is 3. The molecule has 2 aliphatic carbocycles. The minimum atomic E-state index is -0.710. The lowest BCUT2D eigenvalue weighted by atomic mass is 9.90. The van der Waals surface area contributed by atoms with Crippen LogP contribution >= 0.6 is 11.3 Å². The summed E-state index contributed by atoms with van der Waals surface area (Å²) in [5, 5.41) is 14.9. The highest BCUT2D eigenvalue weighted by molar-refractivity contribution is 7.19. The summed E-state index contributed by atoms with van der Waals surface area (Å²) in [6.07, 6.45) is 8.53. The van der Waals surface area contributed by atoms with E-state index >= 15 is 0 Å². The molecule has 0 aliphatic heterocycles. The van der Waals surface area contributed by atoms with Crippen LogP contribution in [0.3, 0.4) is 0 Å². The number of anilines is 1. The Morgan fingerprint density at radius 2 is 2.04 bits per heavy atom. The lowest BCUT2D eigenvalue weighted by Gasteiger charge is -2.33. The predicted octanol–water partition coefficient (Wildman–Crippen LogP) is 3.36. The standard InChI is InChI=1S/C20H30N4O2S/c1-24(2)14-7-5-13(6-8-14)23-19-18-17-12(10-16(25)26-3)4-9-15(17)27-20(18)22-11-21-19/h11-14,16,25H,4-10H2,1-3H3,(H,21,22,23)/t12?,13-,14-,16?. The molecule has 2 aliphatic rings. The van der Waals surface area contributed by atoms with Gasteiger partial charge in [-0.1, -0.05) is 0 Å². The molecule has 2 aromatic rings. The van der Waals surface area contributed by atoms with Crippen molar-refractivity contribution < 1.29 is 9.84 Å². The average Bonchev–Trinajstić information content (AvgIpc) is 3.22. The minimum absolute atomic E-state index is 0.319. The Morgan fingerprint density at radius 1 is 1.26 bits per heavy atom. The summed E-state index contributed by atoms with van der Waals surface area (Å²) in [6.45, 7) is 0. The minimum Gasteiger partial charge on any atom is -0.368 e. The van der Waals surface area contributed by atoms with Crippen molar-refractivity contribution in [2.75, 3.05) is 26.5 Å². The van der Waals surface area contributed by atoms with Gasteiger partial charge in [-0.05, 0) is 64.1 Å². The number of nitrogens with one attached hydrogen (secondary N) is 1. The molecule has 148 valence electrons. The average molecular weight is 391 g/mol. The van der Waals surface area contributed by atoms with Crippen LogP contribution in [0.5, 0.6) is 0 Å². The topological polar surface area (TPSA) is 70.5 Å². The van der Waals surface area contributed by atoms with Gasteiger partial charge < -0.3 is 20.1 Å². The maximum absolute atomic E-state index is 9.98. The Labute approximate surface area is 165 Å². The van der Waals surface area contributed by atoms with Crippen molar-refractivity contribution in [3.63, 3.8) is 0 Å². The molecule has 0 amide bonds. The van der Waals surface area contributed by atoms with Gasteiger partial charge in [-0.2, -0.15) is 0 Å². The Bertz CT molecular complexity index is 786. The van der Waals surface area contributed by atoms with Crippen LogP contribution in [0.25, 0.3) is 10.2 Å². The first-order chi connectivity index (χ1) is 13.1. The number of aromatic nitrogens is 2. The van der Waals surface area contributed by atoms with Gasteiger partial charge in [0.15, 0.2) is 6.29 Å². The zero-order valence-corrected chi connectivity index (χ0v) is 17.3. The third-order valence-electron chi connectivity index (χ3n) is 6.26. The fraction of sp³-hybridized carbons (Fsp3) is 0.700. The molecule has 4 rings (SSSR count). The Balaban J connectivity index is 1.57. The Morgan fingerprint density at radius 3 is 2.74 bits per heavy atom. The summed E-state index contributed by atoms with van der Waals surface area (Å²) in [4.78, 5) is 14.0. The lowest BCUT2D eigenvalue weighted by molar-refractivity contribution is -0.0819. The van der Waals surface area contributed by atoms with Crippen molar-refractivity contribution in [3.8, 4) is 0 Å². The molecular weight excluding hydrogens is 360 g/mol. The van der Waals surface area contributed by atoms with Gasteiger partial charge in [0.2, 0.25) is 0 Å². The van der Waals surface area contributed by atoms with Gasteiger partial charge in [-0.25, -0.2) is 9.97 Å². The van der Waals surface area contributed by atoms with Gasteiger partial charge >= 0.3 is 0 Å². The molecule has 1 fully saturated rings. The fourth-order valence-corrected chi connectivity index (χ4v) is 5.92. The summed E-state index contributed by atoms with van der Waals surface area (Å²) in [7, 11) is 5.91. The SMILES string of the molecule is COC(O)CC1CCc2sc3ncnc(N[C@H]4CC[C@H](N(C)C)CC4)c3c21. The summed E-state index contributed by atoms with van der Waals surface area (Å²) in [5.74, 6) is 1.30. The number of hydrogen-bond donors (Lipinski definition) is 2. The van der Waals surface area contributed by atoms with Crippen LogP contribution in [0, 0.1) is 0 Å². The molecule has 2 atom stereocenters. The smallest absolute Gasteiger partial charge is 0.154 e. The van der Waals surface area contributed by atoms with Crippen molar-refractivity contribution in [2.45, 2.75) is 69.2 Å². The first-order valence-corrected chi connectivity index (χ1v) is 10.8. The van der Waals surface area contributed by atoms with E-state index in [1.54, 1.807) is 24.8 Å². The van der Waals surface area contributed by atoms with E-state index in [1.807, 2.05) is 0 Å². The van der Waals surface area contributed by atoms with Crippen LogP contribution in [0.2, 0.25) is 0 Å². The second kappa shape index (κ2) is 7.99. The second-order valence-electron chi connectivity index (χ2n) is 8.12. The number of aryl methyl sites for hydroxylation is 1. The van der Waals surface area contributed by atoms with Crippen LogP contribution in [0.1, 0.15) is 54.9 Å². The molecule has 2 heterocycles. The van der Waals surface area contributed by atoms with Crippen molar-refractivity contribution in [1.29, 1.82) is 0 Å². The van der Waals surface area contributed by atoms with Crippen molar-refractivity contribution in [3.05, 3.63) is 16.8 Å². The van der Waals surface area contributed by atoms with Gasteiger partial charge in [0.25, 0.3) is 0 Å². The molecule has 0 bridgehead atoms. The Hall–Kier alpha value is -1.28. The highest BCUT2D eigenvalue weighted by atomic mass is 32.1. The number of ether oxygens (including phenoxy) is 1. The summed E-state index contributed by atoms with van der Waals surface area (Å²) in [5.41, 5.74) is 1.34. The van der Waals surface area contributed by atoms with Crippen LogP contribution in [0.4, 0.5) is 5.82 Å². The van der Waals surface area contributed by atoms with E-state index in [1.165, 1.54) is 41.5 Å². The summed E-state index contributed by atoms with van der Waals surface area (Å²) < 4.78 is 5.10. The van der Waals surface area contributed by atoms with Crippen molar-refractivity contribution >= 4 is 27.4 Å². The van der Waals surface area contributed by atoms with E-state index in [0.29, 0.717) is 24.4 Å². The predicted molar refractivity (Wildman–Crippen MR) is 109 cm³/mol. The quantitative estimate of drug-likeness (QED) is 0.737. The number of thiophene rings is 1. The molecule has 1 saturated carbocycles. The number of fused-ring (bicyclic) bond motifs is 3. The second-order valence-corrected chi connectivity index (χ2v) is 9.20. The van der Waals surface area contributed by atoms with Gasteiger partial charge in [0.1, 0.15) is 17.0 Å². The van der Waals surface area contributed by atoms with Crippen LogP contribution < -0.4 is 5.32 Å². The Kier molecular flexibility index (Phi) is 5.64. The molecule has 27 heavy (non-hydrogen) atoms. The first kappa shape index (κ1) is 19.1. The molecule has 7 heteroatoms. The fourth-order valence-electron chi connectivity index (χ4n) is 4.68. The van der Waals surface area contributed by atoms with Crippen molar-refractivity contribution in [2.24, 2.45) is 0 Å². The highest BCUT2D eigenvalue weighted by Gasteiger charge is 2.32. The molecule has 2 N–H and O–H groups in total. The first-order valence-electron chi connectivity index (χ1n) is 9.97. The van der Waals surface area contributed by atoms with E-state index in [-0.39, 0.29) is 0 Å². The molecule has 0 radical (unpaired) electrons. The van der Waals surface area contributed by atoms with E-state index in [4.69, 9.17) is 4.74 Å². The third kappa shape index (κ3) is 3.83. The molecule has 0 spiro atoms. The zero-order chi connectivity index (χ0) is 19.0. The molecule has 0 saturated heterocycles. The molecule has 6 nitrogen and oxygen atoms in total. The molecule has 2 aromatic heterocycles. The zero-order valence-electron chi connectivity index (χ0n) is 16.4. The highest BCUT2D eigenvalue weighted by Crippen LogP contribution is 2.47. The van der Waals surface area contributed by atoms with E-state index in [2.05, 4.69) is 34.3 Å². The van der Waals surface area contributed by atoms with Crippen LogP contribution in [-0.2, 0) is 11.2 Å². The number of aliphatic hydroxyl groups excluding tert-OH is 1. The maximum Gasteiger partial charge on any atom is 0.154 e. The van der Waals surface area contributed by atoms with Crippen LogP contribution in [-0.4, -0.2) is 59.6 Å². The number of aliphatic hydroxyl groups is 1. The summed E-state index contributed by atoms with van der Waals surface area (Å²) in [6, 6.07) is 1.16. The van der Waals surface area contributed by atoms with Gasteiger partial charge in [0.05, 0.1) is 5.39 Å². The van der Waals surface area contributed by atoms with Crippen molar-refractivity contribution in [1.82, 2.24) is 14.9 Å². The van der Waals surface area contributed by atoms with Gasteiger partial charge in [0, 0.05) is 30.5 Å². The third-order valence-corrected chi connectivity index (χ3v) is 7.43. The number of methoxy groups -OCH3 is 1. The largest absolute Gasteiger partial charge is 0.368 e. The monoisotopic (exact) mass is 390 g/mol. The van der Waals surface area contributed by atoms with Crippen LogP contribution in [0.15, 0.2) is 6.33 Å². The molecule has 0 aromatic carbocycles. The number of hydrogen-bond acceptors (Lipinski definition) is 7. The van der Waals surface area contributed by atoms with E-state index in [0.717, 1.165) is 23.5 Å². The normalized spacial score (nSPS) is 26.5. The maximum atomic E-state index is 9.98. The van der Waals surface area contributed by atoms with Gasteiger partial charge in [-0.15, -0.1) is 11.3 Å². The van der Waals surface area contributed by atoms with E-state index in [9.17, 15) is 5.11 Å². The van der Waals surface area contributed by atoms with E-state index < -0.39 is 6.29 Å². The summed E-state index contributed by atoms with van der Waals surface area (Å²) >= 11 is 1.79. The lowest BCUT2D eigenvalue weighted by Crippen LogP contribution is -2.36. The van der Waals surface area contributed by atoms with Gasteiger partial charge in [-0.3, -0.25) is 0 Å². The molecule has 2 unspecified atom stereocenters. The number of rotatable bonds is 6.